The summed E-state index contributed by atoms with van der Waals surface area (Å²) >= 11 is 0. The maximum Gasteiger partial charge on any atom is 0.252 e. The van der Waals surface area contributed by atoms with Gasteiger partial charge in [-0.2, -0.15) is 5.10 Å². The van der Waals surface area contributed by atoms with Crippen LogP contribution in [0.15, 0.2) is 34.2 Å². The number of hydrazone groups is 1. The molecule has 3 N–H and O–H groups in total. The third-order valence-corrected chi connectivity index (χ3v) is 2.54. The predicted molar refractivity (Wildman–Crippen MR) is 80.1 cm³/mol. The van der Waals surface area contributed by atoms with Crippen LogP contribution >= 0.6 is 0 Å². The molecular weight excluding hydrogens is 272 g/mol. The van der Waals surface area contributed by atoms with Gasteiger partial charge in [-0.15, -0.1) is 0 Å². The normalized spacial score (nSPS) is 10.8. The molecule has 0 aliphatic carbocycles. The fraction of sp³-hybridized carbons (Fsp3) is 0.214. The van der Waals surface area contributed by atoms with E-state index in [1.165, 1.54) is 18.3 Å². The number of aromatic hydroxyl groups is 1. The van der Waals surface area contributed by atoms with Crippen LogP contribution in [0, 0.1) is 6.92 Å². The minimum absolute atomic E-state index is 0.0756. The molecule has 0 aliphatic rings. The number of phenols is 1. The molecular formula is C14H16N4O3. The molecule has 0 saturated heterocycles. The fourth-order valence-corrected chi connectivity index (χ4v) is 1.68. The largest absolute Gasteiger partial charge is 0.504 e. The maximum atomic E-state index is 11.3. The van der Waals surface area contributed by atoms with Crippen LogP contribution in [0.3, 0.4) is 0 Å². The summed E-state index contributed by atoms with van der Waals surface area (Å²) in [5.41, 5.74) is 3.73. The second kappa shape index (κ2) is 6.56. The molecule has 0 bridgehead atoms. The van der Waals surface area contributed by atoms with Crippen molar-refractivity contribution in [1.82, 2.24) is 9.97 Å². The van der Waals surface area contributed by atoms with E-state index in [1.807, 2.05) is 6.92 Å². The molecule has 2 rings (SSSR count). The van der Waals surface area contributed by atoms with Crippen LogP contribution in [0.2, 0.25) is 0 Å². The highest BCUT2D eigenvalue weighted by Gasteiger charge is 2.02. The zero-order valence-electron chi connectivity index (χ0n) is 11.8. The van der Waals surface area contributed by atoms with Crippen LogP contribution in [0.25, 0.3) is 0 Å². The Kier molecular flexibility index (Phi) is 4.55. The highest BCUT2D eigenvalue weighted by Crippen LogP contribution is 2.26. The third kappa shape index (κ3) is 4.07. The van der Waals surface area contributed by atoms with Crippen LogP contribution < -0.4 is 15.7 Å². The summed E-state index contributed by atoms with van der Waals surface area (Å²) in [6, 6.07) is 6.27. The first-order valence-corrected chi connectivity index (χ1v) is 6.41. The lowest BCUT2D eigenvalue weighted by Crippen LogP contribution is -2.10. The molecule has 0 atom stereocenters. The zero-order valence-corrected chi connectivity index (χ0v) is 11.8. The summed E-state index contributed by atoms with van der Waals surface area (Å²) in [4.78, 5) is 17.9. The number of hydrogen-bond acceptors (Lipinski definition) is 6. The first kappa shape index (κ1) is 14.6. The number of aryl methyl sites for hydroxylation is 1. The fourth-order valence-electron chi connectivity index (χ4n) is 1.68. The average Bonchev–Trinajstić information content (AvgIpc) is 2.41. The Morgan fingerprint density at radius 3 is 3.00 bits per heavy atom. The third-order valence-electron chi connectivity index (χ3n) is 2.54. The number of rotatable bonds is 5. The van der Waals surface area contributed by atoms with Gasteiger partial charge in [-0.3, -0.25) is 9.78 Å². The van der Waals surface area contributed by atoms with Crippen molar-refractivity contribution in [3.8, 4) is 11.5 Å². The maximum absolute atomic E-state index is 11.3. The molecule has 0 amide bonds. The van der Waals surface area contributed by atoms with Crippen molar-refractivity contribution in [2.45, 2.75) is 13.8 Å². The minimum Gasteiger partial charge on any atom is -0.504 e. The molecule has 0 spiro atoms. The zero-order chi connectivity index (χ0) is 15.2. The number of ether oxygens (including phenoxy) is 1. The molecule has 1 aromatic carbocycles. The predicted octanol–water partition coefficient (Wildman–Crippen LogP) is 1.63. The van der Waals surface area contributed by atoms with E-state index < -0.39 is 0 Å². The summed E-state index contributed by atoms with van der Waals surface area (Å²) in [5, 5.41) is 13.6. The lowest BCUT2D eigenvalue weighted by Gasteiger charge is -2.06. The van der Waals surface area contributed by atoms with Crippen molar-refractivity contribution < 1.29 is 9.84 Å². The molecule has 7 nitrogen and oxygen atoms in total. The van der Waals surface area contributed by atoms with E-state index in [9.17, 15) is 9.90 Å². The van der Waals surface area contributed by atoms with Crippen molar-refractivity contribution in [2.24, 2.45) is 5.10 Å². The van der Waals surface area contributed by atoms with Crippen molar-refractivity contribution in [3.05, 3.63) is 45.9 Å². The second-order valence-electron chi connectivity index (χ2n) is 4.27. The summed E-state index contributed by atoms with van der Waals surface area (Å²) in [6.45, 7) is 4.01. The molecule has 0 aliphatic heterocycles. The van der Waals surface area contributed by atoms with E-state index in [4.69, 9.17) is 4.74 Å². The van der Waals surface area contributed by atoms with Crippen molar-refractivity contribution in [3.63, 3.8) is 0 Å². The van der Waals surface area contributed by atoms with Gasteiger partial charge in [-0.25, -0.2) is 10.4 Å². The smallest absolute Gasteiger partial charge is 0.252 e. The quantitative estimate of drug-likeness (QED) is 0.573. The SMILES string of the molecule is CCOc1cc(/C=N\Nc2nc(C)cc(=O)[nH]2)ccc1O. The van der Waals surface area contributed by atoms with E-state index in [0.29, 0.717) is 18.1 Å². The molecule has 0 unspecified atom stereocenters. The number of benzene rings is 1. The van der Waals surface area contributed by atoms with E-state index in [0.717, 1.165) is 5.56 Å². The van der Waals surface area contributed by atoms with Gasteiger partial charge >= 0.3 is 0 Å². The van der Waals surface area contributed by atoms with Gasteiger partial charge in [0.15, 0.2) is 11.5 Å². The Morgan fingerprint density at radius 2 is 2.29 bits per heavy atom. The molecule has 110 valence electrons. The van der Waals surface area contributed by atoms with Crippen molar-refractivity contribution >= 4 is 12.2 Å². The van der Waals surface area contributed by atoms with Crippen molar-refractivity contribution in [1.29, 1.82) is 0 Å². The molecule has 2 aromatic rings. The van der Waals surface area contributed by atoms with Crippen LogP contribution in [-0.4, -0.2) is 27.9 Å². The molecule has 0 saturated carbocycles. The number of nitrogens with one attached hydrogen (secondary N) is 2. The van der Waals surface area contributed by atoms with Gasteiger partial charge in [0.1, 0.15) is 0 Å². The number of aromatic amines is 1. The van der Waals surface area contributed by atoms with E-state index in [2.05, 4.69) is 20.5 Å². The van der Waals surface area contributed by atoms with Gasteiger partial charge in [0.25, 0.3) is 5.56 Å². The van der Waals surface area contributed by atoms with Crippen LogP contribution in [-0.2, 0) is 0 Å². The average molecular weight is 288 g/mol. The number of hydrogen-bond donors (Lipinski definition) is 3. The highest BCUT2D eigenvalue weighted by atomic mass is 16.5. The Hall–Kier alpha value is -2.83. The standard InChI is InChI=1S/C14H16N4O3/c1-3-21-12-7-10(4-5-11(12)19)8-15-18-14-16-9(2)6-13(20)17-14/h4-8,19H,3H2,1-2H3,(H2,16,17,18,20)/b15-8-. The van der Waals surface area contributed by atoms with Crippen LogP contribution in [0.5, 0.6) is 11.5 Å². The number of phenolic OH excluding ortho intramolecular Hbond substituents is 1. The second-order valence-corrected chi connectivity index (χ2v) is 4.27. The van der Waals surface area contributed by atoms with Gasteiger partial charge in [0.05, 0.1) is 12.8 Å². The molecule has 21 heavy (non-hydrogen) atoms. The number of nitrogens with zero attached hydrogens (tertiary/aromatic N) is 2. The van der Waals surface area contributed by atoms with Gasteiger partial charge in [-0.05, 0) is 37.6 Å². The Balaban J connectivity index is 2.10. The molecule has 0 fully saturated rings. The lowest BCUT2D eigenvalue weighted by molar-refractivity contribution is 0.318. The van der Waals surface area contributed by atoms with E-state index in [-0.39, 0.29) is 17.3 Å². The van der Waals surface area contributed by atoms with Crippen LogP contribution in [0.1, 0.15) is 18.2 Å². The lowest BCUT2D eigenvalue weighted by atomic mass is 10.2. The molecule has 0 radical (unpaired) electrons. The monoisotopic (exact) mass is 288 g/mol. The highest BCUT2D eigenvalue weighted by molar-refractivity contribution is 5.81. The minimum atomic E-state index is -0.247. The number of anilines is 1. The van der Waals surface area contributed by atoms with Gasteiger partial charge in [-0.1, -0.05) is 0 Å². The van der Waals surface area contributed by atoms with Gasteiger partial charge < -0.3 is 9.84 Å². The Bertz CT molecular complexity index is 710. The van der Waals surface area contributed by atoms with Gasteiger partial charge in [0.2, 0.25) is 5.95 Å². The van der Waals surface area contributed by atoms with Gasteiger partial charge in [0, 0.05) is 11.8 Å². The summed E-state index contributed by atoms with van der Waals surface area (Å²) in [6.07, 6.45) is 1.53. The summed E-state index contributed by atoms with van der Waals surface area (Å²) < 4.78 is 5.28. The molecule has 1 aromatic heterocycles. The Labute approximate surface area is 121 Å². The molecule has 7 heteroatoms. The van der Waals surface area contributed by atoms with E-state index in [1.54, 1.807) is 19.1 Å². The number of H-pyrrole nitrogens is 1. The summed E-state index contributed by atoms with van der Waals surface area (Å²) in [7, 11) is 0. The Morgan fingerprint density at radius 1 is 1.48 bits per heavy atom. The van der Waals surface area contributed by atoms with Crippen molar-refractivity contribution in [2.75, 3.05) is 12.0 Å². The first-order chi connectivity index (χ1) is 10.1. The summed E-state index contributed by atoms with van der Waals surface area (Å²) in [5.74, 6) is 0.732. The topological polar surface area (TPSA) is 99.6 Å². The molecule has 1 heterocycles. The van der Waals surface area contributed by atoms with Crippen LogP contribution in [0.4, 0.5) is 5.95 Å². The number of aromatic nitrogens is 2. The first-order valence-electron chi connectivity index (χ1n) is 6.41. The van der Waals surface area contributed by atoms with E-state index >= 15 is 0 Å².